The molecule has 0 fully saturated rings. The number of hydrogen-bond donors (Lipinski definition) is 2. The zero-order valence-electron chi connectivity index (χ0n) is 21.1. The monoisotopic (exact) mass is 497 g/mol. The number of nitrogens with one attached hydrogen (secondary N) is 2. The highest BCUT2D eigenvalue weighted by Crippen LogP contribution is 2.47. The fraction of sp³-hybridized carbons (Fsp3) is 0. The summed E-state index contributed by atoms with van der Waals surface area (Å²) in [5.74, 6) is 0. The molecule has 0 saturated heterocycles. The number of aromatic amines is 2. The van der Waals surface area contributed by atoms with Crippen LogP contribution in [0.5, 0.6) is 0 Å². The SMILES string of the molecule is c1ccc(-c2cccc3c2[nH]c2c3c3[nH]c4ccccc4c3c3c4ccccc4n(-c4ccccc4)c23)cc1. The Morgan fingerprint density at radius 1 is 0.436 bits per heavy atom. The first-order valence-corrected chi connectivity index (χ1v) is 13.4. The van der Waals surface area contributed by atoms with Gasteiger partial charge in [-0.1, -0.05) is 103 Å². The van der Waals surface area contributed by atoms with Crippen molar-refractivity contribution < 1.29 is 0 Å². The summed E-state index contributed by atoms with van der Waals surface area (Å²) in [5.41, 5.74) is 10.7. The van der Waals surface area contributed by atoms with Crippen LogP contribution in [0.3, 0.4) is 0 Å². The Bertz CT molecular complexity index is 2370. The second kappa shape index (κ2) is 7.62. The summed E-state index contributed by atoms with van der Waals surface area (Å²) >= 11 is 0. The molecule has 2 N–H and O–H groups in total. The highest BCUT2D eigenvalue weighted by Gasteiger charge is 2.24. The summed E-state index contributed by atoms with van der Waals surface area (Å²) in [6.45, 7) is 0. The number of benzene rings is 6. The molecule has 9 aromatic rings. The van der Waals surface area contributed by atoms with Gasteiger partial charge >= 0.3 is 0 Å². The van der Waals surface area contributed by atoms with Crippen molar-refractivity contribution in [2.75, 3.05) is 0 Å². The molecule has 0 spiro atoms. The van der Waals surface area contributed by atoms with Gasteiger partial charge in [-0.3, -0.25) is 0 Å². The van der Waals surface area contributed by atoms with E-state index < -0.39 is 0 Å². The van der Waals surface area contributed by atoms with Crippen molar-refractivity contribution in [2.24, 2.45) is 0 Å². The average Bonchev–Trinajstić information content (AvgIpc) is 3.67. The molecule has 0 amide bonds. The van der Waals surface area contributed by atoms with E-state index >= 15 is 0 Å². The van der Waals surface area contributed by atoms with Crippen molar-refractivity contribution in [3.63, 3.8) is 0 Å². The van der Waals surface area contributed by atoms with Gasteiger partial charge in [0.1, 0.15) is 0 Å². The van der Waals surface area contributed by atoms with Gasteiger partial charge in [-0.2, -0.15) is 0 Å². The summed E-state index contributed by atoms with van der Waals surface area (Å²) in [7, 11) is 0. The van der Waals surface area contributed by atoms with E-state index in [2.05, 4.69) is 142 Å². The lowest BCUT2D eigenvalue weighted by Gasteiger charge is -2.09. The molecule has 0 bridgehead atoms. The van der Waals surface area contributed by atoms with Crippen molar-refractivity contribution in [1.29, 1.82) is 0 Å². The maximum absolute atomic E-state index is 3.95. The molecule has 0 unspecified atom stereocenters. The number of aromatic nitrogens is 3. The van der Waals surface area contributed by atoms with Gasteiger partial charge in [0.05, 0.1) is 27.6 Å². The Balaban J connectivity index is 1.62. The Morgan fingerprint density at radius 3 is 1.97 bits per heavy atom. The van der Waals surface area contributed by atoms with E-state index in [0.717, 1.165) is 22.2 Å². The van der Waals surface area contributed by atoms with E-state index in [1.54, 1.807) is 0 Å². The van der Waals surface area contributed by atoms with Gasteiger partial charge in [-0.25, -0.2) is 0 Å². The van der Waals surface area contributed by atoms with Crippen LogP contribution in [0.2, 0.25) is 0 Å². The molecule has 0 atom stereocenters. The van der Waals surface area contributed by atoms with E-state index in [-0.39, 0.29) is 0 Å². The molecule has 39 heavy (non-hydrogen) atoms. The van der Waals surface area contributed by atoms with Crippen LogP contribution in [0.4, 0.5) is 0 Å². The molecular weight excluding hydrogens is 474 g/mol. The number of para-hydroxylation sites is 4. The summed E-state index contributed by atoms with van der Waals surface area (Å²) in [6, 6.07) is 45.6. The van der Waals surface area contributed by atoms with Crippen LogP contribution < -0.4 is 0 Å². The summed E-state index contributed by atoms with van der Waals surface area (Å²) < 4.78 is 2.44. The maximum Gasteiger partial charge on any atom is 0.0791 e. The smallest absolute Gasteiger partial charge is 0.0791 e. The van der Waals surface area contributed by atoms with Crippen molar-refractivity contribution in [3.05, 3.63) is 127 Å². The first kappa shape index (κ1) is 20.7. The predicted molar refractivity (Wildman–Crippen MR) is 165 cm³/mol. The topological polar surface area (TPSA) is 36.5 Å². The largest absolute Gasteiger partial charge is 0.354 e. The fourth-order valence-corrected chi connectivity index (χ4v) is 6.68. The molecule has 0 saturated carbocycles. The molecule has 6 aromatic carbocycles. The quantitative estimate of drug-likeness (QED) is 0.238. The molecule has 0 aliphatic heterocycles. The second-order valence-electron chi connectivity index (χ2n) is 10.3. The second-order valence-corrected chi connectivity index (χ2v) is 10.3. The highest BCUT2D eigenvalue weighted by molar-refractivity contribution is 6.40. The summed E-state index contributed by atoms with van der Waals surface area (Å²) in [5, 5.41) is 7.54. The first-order valence-electron chi connectivity index (χ1n) is 13.4. The average molecular weight is 498 g/mol. The zero-order chi connectivity index (χ0) is 25.5. The number of fused-ring (bicyclic) bond motifs is 12. The van der Waals surface area contributed by atoms with Crippen LogP contribution in [0.15, 0.2) is 127 Å². The summed E-state index contributed by atoms with van der Waals surface area (Å²) in [6.07, 6.45) is 0. The molecule has 0 radical (unpaired) electrons. The van der Waals surface area contributed by atoms with Gasteiger partial charge in [0, 0.05) is 49.1 Å². The number of hydrogen-bond acceptors (Lipinski definition) is 0. The van der Waals surface area contributed by atoms with Crippen molar-refractivity contribution in [3.8, 4) is 16.8 Å². The van der Waals surface area contributed by atoms with Crippen LogP contribution in [-0.4, -0.2) is 14.5 Å². The van der Waals surface area contributed by atoms with Gasteiger partial charge in [-0.05, 0) is 29.8 Å². The van der Waals surface area contributed by atoms with E-state index in [4.69, 9.17) is 0 Å². The molecular formula is C36H23N3. The van der Waals surface area contributed by atoms with E-state index in [1.807, 2.05) is 0 Å². The maximum atomic E-state index is 3.95. The van der Waals surface area contributed by atoms with Crippen LogP contribution in [0.25, 0.3) is 82.2 Å². The minimum atomic E-state index is 1.16. The van der Waals surface area contributed by atoms with E-state index in [0.29, 0.717) is 0 Å². The van der Waals surface area contributed by atoms with Gasteiger partial charge in [-0.15, -0.1) is 0 Å². The van der Waals surface area contributed by atoms with E-state index in [9.17, 15) is 0 Å². The fourth-order valence-electron chi connectivity index (χ4n) is 6.68. The minimum absolute atomic E-state index is 1.16. The highest BCUT2D eigenvalue weighted by atomic mass is 15.0. The Kier molecular flexibility index (Phi) is 4.05. The van der Waals surface area contributed by atoms with Crippen molar-refractivity contribution in [1.82, 2.24) is 14.5 Å². The molecule has 3 nitrogen and oxygen atoms in total. The Hall–Kier alpha value is -5.28. The third-order valence-corrected chi connectivity index (χ3v) is 8.25. The minimum Gasteiger partial charge on any atom is -0.354 e. The van der Waals surface area contributed by atoms with Gasteiger partial charge in [0.15, 0.2) is 0 Å². The number of H-pyrrole nitrogens is 2. The van der Waals surface area contributed by atoms with Crippen LogP contribution >= 0.6 is 0 Å². The zero-order valence-corrected chi connectivity index (χ0v) is 21.1. The molecule has 3 aromatic heterocycles. The summed E-state index contributed by atoms with van der Waals surface area (Å²) in [4.78, 5) is 7.79. The van der Waals surface area contributed by atoms with Crippen molar-refractivity contribution in [2.45, 2.75) is 0 Å². The van der Waals surface area contributed by atoms with Gasteiger partial charge < -0.3 is 14.5 Å². The van der Waals surface area contributed by atoms with Crippen LogP contribution in [0.1, 0.15) is 0 Å². The predicted octanol–water partition coefficient (Wildman–Crippen LogP) is 9.72. The standard InChI is InChI=1S/C36H23N3/c1-3-12-22(13-4-1)24-18-11-19-27-32-34-30(25-16-7-9-20-28(25)37-34)31-26-17-8-10-21-29(26)39(23-14-5-2-6-15-23)36(31)35(32)38-33(24)27/h1-21,37-38H. The van der Waals surface area contributed by atoms with Gasteiger partial charge in [0.25, 0.3) is 0 Å². The van der Waals surface area contributed by atoms with Crippen LogP contribution in [-0.2, 0) is 0 Å². The number of rotatable bonds is 2. The van der Waals surface area contributed by atoms with Crippen molar-refractivity contribution >= 4 is 65.4 Å². The Morgan fingerprint density at radius 2 is 1.13 bits per heavy atom. The van der Waals surface area contributed by atoms with E-state index in [1.165, 1.54) is 60.0 Å². The van der Waals surface area contributed by atoms with Crippen LogP contribution in [0, 0.1) is 0 Å². The van der Waals surface area contributed by atoms with Gasteiger partial charge in [0.2, 0.25) is 0 Å². The normalized spacial score (nSPS) is 12.1. The molecule has 182 valence electrons. The molecule has 0 aliphatic carbocycles. The number of nitrogens with zero attached hydrogens (tertiary/aromatic N) is 1. The molecule has 3 heterocycles. The third kappa shape index (κ3) is 2.71. The molecule has 9 rings (SSSR count). The lowest BCUT2D eigenvalue weighted by molar-refractivity contribution is 1.18. The lowest BCUT2D eigenvalue weighted by atomic mass is 9.99. The molecule has 0 aliphatic rings. The lowest BCUT2D eigenvalue weighted by Crippen LogP contribution is -1.94. The first-order chi connectivity index (χ1) is 19.4. The molecule has 3 heteroatoms. The third-order valence-electron chi connectivity index (χ3n) is 8.25. The Labute approximate surface area is 223 Å².